The molecule has 1 fully saturated rings. The highest BCUT2D eigenvalue weighted by atomic mass is 16.2. The van der Waals surface area contributed by atoms with Gasteiger partial charge in [-0.05, 0) is 39.1 Å². The lowest BCUT2D eigenvalue weighted by atomic mass is 10.1. The van der Waals surface area contributed by atoms with E-state index in [1.54, 1.807) is 18.6 Å². The average Bonchev–Trinajstić information content (AvgIpc) is 2.98. The number of rotatable bonds is 3. The Morgan fingerprint density at radius 2 is 1.69 bits per heavy atom. The molecule has 6 heteroatoms. The molecule has 0 bridgehead atoms. The highest BCUT2D eigenvalue weighted by molar-refractivity contribution is 6.00. The van der Waals surface area contributed by atoms with Crippen LogP contribution < -0.4 is 0 Å². The zero-order chi connectivity index (χ0) is 20.2. The van der Waals surface area contributed by atoms with Crippen LogP contribution in [0.1, 0.15) is 22.3 Å². The SMILES string of the molecule is Cc1ccc(-c2ncc(C(=O)N3CCCN(C)CC3)c(-c3ccncc3)n2)cc1. The van der Waals surface area contributed by atoms with Gasteiger partial charge in [-0.15, -0.1) is 0 Å². The molecule has 0 unspecified atom stereocenters. The van der Waals surface area contributed by atoms with Crippen molar-refractivity contribution in [1.82, 2.24) is 24.8 Å². The van der Waals surface area contributed by atoms with Crippen molar-refractivity contribution < 1.29 is 4.79 Å². The molecule has 1 amide bonds. The van der Waals surface area contributed by atoms with E-state index < -0.39 is 0 Å². The summed E-state index contributed by atoms with van der Waals surface area (Å²) in [6.45, 7) is 5.39. The lowest BCUT2D eigenvalue weighted by Gasteiger charge is -2.22. The lowest BCUT2D eigenvalue weighted by molar-refractivity contribution is 0.0763. The minimum atomic E-state index is -0.0115. The average molecular weight is 387 g/mol. The third-order valence-electron chi connectivity index (χ3n) is 5.29. The van der Waals surface area contributed by atoms with Crippen LogP contribution in [0.2, 0.25) is 0 Å². The van der Waals surface area contributed by atoms with Gasteiger partial charge < -0.3 is 9.80 Å². The van der Waals surface area contributed by atoms with E-state index in [1.165, 1.54) is 5.56 Å². The van der Waals surface area contributed by atoms with Gasteiger partial charge in [0.1, 0.15) is 0 Å². The number of aromatic nitrogens is 3. The first-order chi connectivity index (χ1) is 14.1. The van der Waals surface area contributed by atoms with E-state index in [0.717, 1.165) is 37.2 Å². The topological polar surface area (TPSA) is 62.2 Å². The van der Waals surface area contributed by atoms with Crippen molar-refractivity contribution in [1.29, 1.82) is 0 Å². The van der Waals surface area contributed by atoms with Gasteiger partial charge in [-0.2, -0.15) is 0 Å². The zero-order valence-corrected chi connectivity index (χ0v) is 16.9. The van der Waals surface area contributed by atoms with Crippen molar-refractivity contribution in [3.63, 3.8) is 0 Å². The maximum Gasteiger partial charge on any atom is 0.257 e. The molecule has 0 spiro atoms. The van der Waals surface area contributed by atoms with Gasteiger partial charge in [0.15, 0.2) is 5.82 Å². The van der Waals surface area contributed by atoms with Crippen molar-refractivity contribution in [3.05, 3.63) is 66.1 Å². The first-order valence-corrected chi connectivity index (χ1v) is 9.94. The van der Waals surface area contributed by atoms with Crippen molar-refractivity contribution in [2.24, 2.45) is 0 Å². The molecule has 1 saturated heterocycles. The van der Waals surface area contributed by atoms with E-state index in [2.05, 4.69) is 21.9 Å². The molecule has 4 rings (SSSR count). The number of aryl methyl sites for hydroxylation is 1. The van der Waals surface area contributed by atoms with Crippen LogP contribution in [0.3, 0.4) is 0 Å². The molecule has 0 saturated carbocycles. The molecule has 1 aliphatic rings. The Bertz CT molecular complexity index is 988. The van der Waals surface area contributed by atoms with Crippen molar-refractivity contribution in [3.8, 4) is 22.6 Å². The van der Waals surface area contributed by atoms with E-state index in [1.807, 2.05) is 48.2 Å². The van der Waals surface area contributed by atoms with Crippen LogP contribution in [-0.2, 0) is 0 Å². The van der Waals surface area contributed by atoms with Gasteiger partial charge in [0.05, 0.1) is 11.3 Å². The Kier molecular flexibility index (Phi) is 5.62. The summed E-state index contributed by atoms with van der Waals surface area (Å²) in [6.07, 6.45) is 6.08. The number of likely N-dealkylation sites (N-methyl/N-ethyl adjacent to an activating group) is 1. The Morgan fingerprint density at radius 3 is 2.45 bits per heavy atom. The standard InChI is InChI=1S/C23H25N5O/c1-17-4-6-19(7-5-17)22-25-16-20(21(26-22)18-8-10-24-11-9-18)23(29)28-13-3-12-27(2)14-15-28/h4-11,16H,3,12-15H2,1-2H3. The molecule has 0 radical (unpaired) electrons. The predicted octanol–water partition coefficient (Wildman–Crippen LogP) is 3.29. The second-order valence-corrected chi connectivity index (χ2v) is 7.51. The molecule has 3 aromatic rings. The van der Waals surface area contributed by atoms with Crippen LogP contribution in [0, 0.1) is 6.92 Å². The number of benzene rings is 1. The Balaban J connectivity index is 1.75. The van der Waals surface area contributed by atoms with Crippen molar-refractivity contribution in [2.75, 3.05) is 33.2 Å². The van der Waals surface area contributed by atoms with Gasteiger partial charge in [-0.1, -0.05) is 29.8 Å². The van der Waals surface area contributed by atoms with Gasteiger partial charge in [-0.25, -0.2) is 9.97 Å². The number of amides is 1. The molecular weight excluding hydrogens is 362 g/mol. The predicted molar refractivity (Wildman–Crippen MR) is 113 cm³/mol. The minimum absolute atomic E-state index is 0.0115. The zero-order valence-electron chi connectivity index (χ0n) is 16.9. The van der Waals surface area contributed by atoms with Crippen LogP contribution in [-0.4, -0.2) is 63.9 Å². The van der Waals surface area contributed by atoms with Gasteiger partial charge in [0.2, 0.25) is 0 Å². The third-order valence-corrected chi connectivity index (χ3v) is 5.29. The number of hydrogen-bond donors (Lipinski definition) is 0. The summed E-state index contributed by atoms with van der Waals surface area (Å²) < 4.78 is 0. The maximum atomic E-state index is 13.4. The van der Waals surface area contributed by atoms with Gasteiger partial charge in [-0.3, -0.25) is 9.78 Å². The highest BCUT2D eigenvalue weighted by Gasteiger charge is 2.23. The number of nitrogens with zero attached hydrogens (tertiary/aromatic N) is 5. The fourth-order valence-electron chi connectivity index (χ4n) is 3.53. The molecule has 1 aromatic carbocycles. The fraction of sp³-hybridized carbons (Fsp3) is 0.304. The molecule has 1 aliphatic heterocycles. The third kappa shape index (κ3) is 4.32. The molecule has 29 heavy (non-hydrogen) atoms. The molecular formula is C23H25N5O. The molecule has 148 valence electrons. The summed E-state index contributed by atoms with van der Waals surface area (Å²) in [6, 6.07) is 11.9. The Labute approximate surface area is 171 Å². The number of hydrogen-bond acceptors (Lipinski definition) is 5. The van der Waals surface area contributed by atoms with E-state index in [-0.39, 0.29) is 5.91 Å². The monoisotopic (exact) mass is 387 g/mol. The first kappa shape index (κ1) is 19.2. The lowest BCUT2D eigenvalue weighted by Crippen LogP contribution is -2.35. The molecule has 0 N–H and O–H groups in total. The van der Waals surface area contributed by atoms with Crippen molar-refractivity contribution in [2.45, 2.75) is 13.3 Å². The van der Waals surface area contributed by atoms with Crippen LogP contribution >= 0.6 is 0 Å². The smallest absolute Gasteiger partial charge is 0.257 e. The summed E-state index contributed by atoms with van der Waals surface area (Å²) in [4.78, 5) is 31.0. The van der Waals surface area contributed by atoms with Gasteiger partial charge in [0.25, 0.3) is 5.91 Å². The molecule has 2 aromatic heterocycles. The summed E-state index contributed by atoms with van der Waals surface area (Å²) >= 11 is 0. The van der Waals surface area contributed by atoms with E-state index in [9.17, 15) is 4.79 Å². The van der Waals surface area contributed by atoms with Gasteiger partial charge >= 0.3 is 0 Å². The Morgan fingerprint density at radius 1 is 0.931 bits per heavy atom. The first-order valence-electron chi connectivity index (χ1n) is 9.94. The quantitative estimate of drug-likeness (QED) is 0.690. The fourth-order valence-corrected chi connectivity index (χ4v) is 3.53. The number of carbonyl (C=O) groups excluding carboxylic acids is 1. The summed E-state index contributed by atoms with van der Waals surface area (Å²) in [5.41, 5.74) is 4.17. The molecule has 0 aliphatic carbocycles. The maximum absolute atomic E-state index is 13.4. The number of carbonyl (C=O) groups is 1. The van der Waals surface area contributed by atoms with E-state index in [0.29, 0.717) is 23.6 Å². The molecule has 6 nitrogen and oxygen atoms in total. The number of pyridine rings is 1. The van der Waals surface area contributed by atoms with Gasteiger partial charge in [0, 0.05) is 49.4 Å². The summed E-state index contributed by atoms with van der Waals surface area (Å²) in [5, 5.41) is 0. The van der Waals surface area contributed by atoms with Crippen LogP contribution in [0.15, 0.2) is 55.0 Å². The second-order valence-electron chi connectivity index (χ2n) is 7.51. The largest absolute Gasteiger partial charge is 0.337 e. The molecule has 3 heterocycles. The van der Waals surface area contributed by atoms with E-state index in [4.69, 9.17) is 4.98 Å². The molecule has 0 atom stereocenters. The summed E-state index contributed by atoms with van der Waals surface area (Å²) in [5.74, 6) is 0.603. The van der Waals surface area contributed by atoms with Crippen LogP contribution in [0.4, 0.5) is 0 Å². The van der Waals surface area contributed by atoms with E-state index >= 15 is 0 Å². The second kappa shape index (κ2) is 8.49. The van der Waals surface area contributed by atoms with Crippen LogP contribution in [0.5, 0.6) is 0 Å². The normalized spacial score (nSPS) is 15.2. The Hall–Kier alpha value is -3.12. The summed E-state index contributed by atoms with van der Waals surface area (Å²) in [7, 11) is 2.09. The highest BCUT2D eigenvalue weighted by Crippen LogP contribution is 2.26. The van der Waals surface area contributed by atoms with Crippen LogP contribution in [0.25, 0.3) is 22.6 Å². The van der Waals surface area contributed by atoms with Crippen molar-refractivity contribution >= 4 is 5.91 Å². The minimum Gasteiger partial charge on any atom is -0.337 e.